The Labute approximate surface area is 106 Å². The van der Waals surface area contributed by atoms with Crippen LogP contribution in [0.1, 0.15) is 50.5 Å². The lowest BCUT2D eigenvalue weighted by atomic mass is 10.1. The van der Waals surface area contributed by atoms with Crippen molar-refractivity contribution in [3.8, 4) is 0 Å². The van der Waals surface area contributed by atoms with E-state index in [1.165, 1.54) is 43.4 Å². The molecular formula is C11H19ClN2OS. The van der Waals surface area contributed by atoms with Crippen molar-refractivity contribution < 1.29 is 4.74 Å². The molecule has 1 rings (SSSR count). The molecule has 0 bridgehead atoms. The lowest BCUT2D eigenvalue weighted by Gasteiger charge is -2.01. The molecule has 0 spiro atoms. The van der Waals surface area contributed by atoms with Crippen LogP contribution >= 0.6 is 22.9 Å². The second-order valence-corrected chi connectivity index (χ2v) is 5.41. The summed E-state index contributed by atoms with van der Waals surface area (Å²) >= 11 is 7.04. The normalized spacial score (nSPS) is 10.9. The maximum Gasteiger partial charge on any atom is 0.207 e. The third kappa shape index (κ3) is 6.40. The molecule has 0 unspecified atom stereocenters. The van der Waals surface area contributed by atoms with Crippen molar-refractivity contribution in [2.45, 2.75) is 52.1 Å². The highest BCUT2D eigenvalue weighted by Crippen LogP contribution is 2.15. The van der Waals surface area contributed by atoms with E-state index in [1.807, 2.05) is 0 Å². The molecular weight excluding hydrogens is 244 g/mol. The summed E-state index contributed by atoms with van der Waals surface area (Å²) in [6.07, 6.45) is 7.72. The standard InChI is InChI=1S/C11H19ClN2OS/c1-2-3-4-5-6-7-8-15-9-10-13-14-11(12)16-10/h2-9H2,1H3. The molecule has 0 atom stereocenters. The molecule has 1 aromatic rings. The Kier molecular flexibility index (Phi) is 7.72. The lowest BCUT2D eigenvalue weighted by Crippen LogP contribution is -1.95. The first-order valence-corrected chi connectivity index (χ1v) is 7.08. The third-order valence-corrected chi connectivity index (χ3v) is 3.30. The minimum absolute atomic E-state index is 0.484. The second kappa shape index (κ2) is 8.90. The van der Waals surface area contributed by atoms with Gasteiger partial charge in [-0.05, 0) is 18.0 Å². The number of hydrogen-bond donors (Lipinski definition) is 0. The zero-order valence-electron chi connectivity index (χ0n) is 9.75. The van der Waals surface area contributed by atoms with E-state index < -0.39 is 0 Å². The molecule has 0 saturated heterocycles. The van der Waals surface area contributed by atoms with Crippen molar-refractivity contribution in [2.75, 3.05) is 6.61 Å². The summed E-state index contributed by atoms with van der Waals surface area (Å²) in [6, 6.07) is 0. The van der Waals surface area contributed by atoms with Gasteiger partial charge >= 0.3 is 0 Å². The van der Waals surface area contributed by atoms with Crippen LogP contribution in [0, 0.1) is 0 Å². The van der Waals surface area contributed by atoms with E-state index in [1.54, 1.807) is 0 Å². The number of rotatable bonds is 9. The molecule has 0 aliphatic heterocycles. The van der Waals surface area contributed by atoms with Crippen molar-refractivity contribution in [3.05, 3.63) is 9.47 Å². The fourth-order valence-corrected chi connectivity index (χ4v) is 2.24. The average molecular weight is 263 g/mol. The van der Waals surface area contributed by atoms with Gasteiger partial charge in [-0.15, -0.1) is 10.2 Å². The Balaban J connectivity index is 1.88. The molecule has 0 fully saturated rings. The first-order valence-electron chi connectivity index (χ1n) is 5.88. The number of halogens is 1. The molecule has 0 N–H and O–H groups in total. The number of aromatic nitrogens is 2. The van der Waals surface area contributed by atoms with Crippen LogP contribution < -0.4 is 0 Å². The van der Waals surface area contributed by atoms with Crippen LogP contribution in [0.25, 0.3) is 0 Å². The summed E-state index contributed by atoms with van der Waals surface area (Å²) in [5.41, 5.74) is 0. The topological polar surface area (TPSA) is 35.0 Å². The van der Waals surface area contributed by atoms with Crippen LogP contribution in [-0.4, -0.2) is 16.8 Å². The quantitative estimate of drug-likeness (QED) is 0.630. The van der Waals surface area contributed by atoms with Gasteiger partial charge in [-0.3, -0.25) is 0 Å². The van der Waals surface area contributed by atoms with E-state index in [4.69, 9.17) is 16.3 Å². The summed E-state index contributed by atoms with van der Waals surface area (Å²) in [5, 5.41) is 8.46. The first kappa shape index (κ1) is 13.9. The van der Waals surface area contributed by atoms with Gasteiger partial charge < -0.3 is 4.74 Å². The minimum Gasteiger partial charge on any atom is -0.374 e. The zero-order valence-corrected chi connectivity index (χ0v) is 11.3. The maximum absolute atomic E-state index is 5.66. The van der Waals surface area contributed by atoms with Gasteiger partial charge in [-0.2, -0.15) is 0 Å². The van der Waals surface area contributed by atoms with Crippen molar-refractivity contribution >= 4 is 22.9 Å². The molecule has 1 aromatic heterocycles. The van der Waals surface area contributed by atoms with Crippen LogP contribution in [-0.2, 0) is 11.3 Å². The van der Waals surface area contributed by atoms with E-state index in [-0.39, 0.29) is 0 Å². The number of unbranched alkanes of at least 4 members (excludes halogenated alkanes) is 5. The van der Waals surface area contributed by atoms with E-state index in [0.29, 0.717) is 11.1 Å². The molecule has 5 heteroatoms. The van der Waals surface area contributed by atoms with Crippen molar-refractivity contribution in [3.63, 3.8) is 0 Å². The summed E-state index contributed by atoms with van der Waals surface area (Å²) in [7, 11) is 0. The first-order chi connectivity index (χ1) is 7.83. The van der Waals surface area contributed by atoms with Gasteiger partial charge in [0.1, 0.15) is 11.6 Å². The molecule has 16 heavy (non-hydrogen) atoms. The Morgan fingerprint density at radius 2 is 1.88 bits per heavy atom. The largest absolute Gasteiger partial charge is 0.374 e. The summed E-state index contributed by atoms with van der Waals surface area (Å²) in [4.78, 5) is 0. The van der Waals surface area contributed by atoms with E-state index in [0.717, 1.165) is 18.0 Å². The smallest absolute Gasteiger partial charge is 0.207 e. The van der Waals surface area contributed by atoms with Crippen LogP contribution in [0.15, 0.2) is 0 Å². The average Bonchev–Trinajstić information content (AvgIpc) is 2.68. The number of nitrogens with zero attached hydrogens (tertiary/aromatic N) is 2. The van der Waals surface area contributed by atoms with Crippen molar-refractivity contribution in [2.24, 2.45) is 0 Å². The Morgan fingerprint density at radius 1 is 1.12 bits per heavy atom. The van der Waals surface area contributed by atoms with Crippen LogP contribution in [0.2, 0.25) is 4.47 Å². The Morgan fingerprint density at radius 3 is 2.56 bits per heavy atom. The summed E-state index contributed by atoms with van der Waals surface area (Å²) in [5.74, 6) is 0. The van der Waals surface area contributed by atoms with E-state index in [9.17, 15) is 0 Å². The zero-order chi connectivity index (χ0) is 11.6. The van der Waals surface area contributed by atoms with Gasteiger partial charge in [-0.25, -0.2) is 0 Å². The van der Waals surface area contributed by atoms with Crippen LogP contribution in [0.5, 0.6) is 0 Å². The van der Waals surface area contributed by atoms with Gasteiger partial charge in [0.2, 0.25) is 4.47 Å². The number of ether oxygens (including phenoxy) is 1. The molecule has 3 nitrogen and oxygen atoms in total. The third-order valence-electron chi connectivity index (χ3n) is 2.31. The molecule has 0 radical (unpaired) electrons. The fourth-order valence-electron chi connectivity index (χ4n) is 1.44. The monoisotopic (exact) mass is 262 g/mol. The molecule has 0 saturated carbocycles. The van der Waals surface area contributed by atoms with Gasteiger partial charge in [-0.1, -0.05) is 50.4 Å². The fraction of sp³-hybridized carbons (Fsp3) is 0.818. The minimum atomic E-state index is 0.484. The van der Waals surface area contributed by atoms with Gasteiger partial charge in [0.15, 0.2) is 0 Å². The summed E-state index contributed by atoms with van der Waals surface area (Å²) in [6.45, 7) is 3.58. The predicted octanol–water partition coefficient (Wildman–Crippen LogP) is 4.07. The molecule has 0 aliphatic rings. The maximum atomic E-state index is 5.66. The van der Waals surface area contributed by atoms with Gasteiger partial charge in [0.25, 0.3) is 0 Å². The highest BCUT2D eigenvalue weighted by atomic mass is 35.5. The SMILES string of the molecule is CCCCCCCCOCc1nnc(Cl)s1. The van der Waals surface area contributed by atoms with Crippen LogP contribution in [0.4, 0.5) is 0 Å². The lowest BCUT2D eigenvalue weighted by molar-refractivity contribution is 0.116. The molecule has 92 valence electrons. The van der Waals surface area contributed by atoms with E-state index in [2.05, 4.69) is 17.1 Å². The van der Waals surface area contributed by atoms with Gasteiger partial charge in [0, 0.05) is 6.61 Å². The molecule has 0 aromatic carbocycles. The predicted molar refractivity (Wildman–Crippen MR) is 68.0 cm³/mol. The molecule has 0 amide bonds. The number of hydrogen-bond acceptors (Lipinski definition) is 4. The Hall–Kier alpha value is -0.190. The van der Waals surface area contributed by atoms with Crippen molar-refractivity contribution in [1.82, 2.24) is 10.2 Å². The van der Waals surface area contributed by atoms with Crippen molar-refractivity contribution in [1.29, 1.82) is 0 Å². The van der Waals surface area contributed by atoms with Crippen LogP contribution in [0.3, 0.4) is 0 Å². The van der Waals surface area contributed by atoms with Gasteiger partial charge in [0.05, 0.1) is 0 Å². The second-order valence-electron chi connectivity index (χ2n) is 3.77. The molecule has 1 heterocycles. The van der Waals surface area contributed by atoms with E-state index >= 15 is 0 Å². The molecule has 0 aliphatic carbocycles. The Bertz CT molecular complexity index is 281. The summed E-state index contributed by atoms with van der Waals surface area (Å²) < 4.78 is 5.97. The highest BCUT2D eigenvalue weighted by molar-refractivity contribution is 7.15. The highest BCUT2D eigenvalue weighted by Gasteiger charge is 2.00.